The summed E-state index contributed by atoms with van der Waals surface area (Å²) in [6, 6.07) is 0.0913. The smallest absolute Gasteiger partial charge is 0.355 e. The number of carboxylic acids is 1. The Kier molecular flexibility index (Phi) is 9.17. The monoisotopic (exact) mass is 440 g/mol. The second-order valence-electron chi connectivity index (χ2n) is 7.98. The van der Waals surface area contributed by atoms with E-state index in [-0.39, 0.29) is 29.2 Å². The lowest BCUT2D eigenvalue weighted by atomic mass is 9.81. The molecule has 0 aromatic carbocycles. The van der Waals surface area contributed by atoms with E-state index < -0.39 is 5.97 Å². The lowest BCUT2D eigenvalue weighted by Gasteiger charge is -2.32. The fraction of sp³-hybridized carbons (Fsp3) is 0.667. The topological polar surface area (TPSA) is 79.7 Å². The average Bonchev–Trinajstić information content (AvgIpc) is 3.28. The van der Waals surface area contributed by atoms with Crippen LogP contribution in [0, 0.1) is 5.41 Å². The molecule has 1 aliphatic heterocycles. The van der Waals surface area contributed by atoms with E-state index >= 15 is 0 Å². The Bertz CT molecular complexity index is 717. The molecule has 1 amide bonds. The Morgan fingerprint density at radius 3 is 2.93 bits per heavy atom. The van der Waals surface area contributed by atoms with E-state index in [0.29, 0.717) is 18.7 Å². The molecule has 29 heavy (non-hydrogen) atoms. The number of unbranched alkanes of at least 4 members (excludes halogenated alkanes) is 1. The molecule has 0 bridgehead atoms. The Labute approximate surface area is 181 Å². The highest BCUT2D eigenvalue weighted by molar-refractivity contribution is 8.01. The summed E-state index contributed by atoms with van der Waals surface area (Å²) in [6.45, 7) is 7.28. The Morgan fingerprint density at radius 2 is 2.31 bits per heavy atom. The number of aromatic nitrogens is 1. The summed E-state index contributed by atoms with van der Waals surface area (Å²) in [5, 5.41) is 10.5. The maximum Gasteiger partial charge on any atom is 0.355 e. The SMILES string of the molecule is CCCCC(C)(C)[C@@H](/C=C/[C@H]1CCC(=O)N1CCSc1nc(C(=O)O)cs1)OC. The maximum atomic E-state index is 12.3. The molecular weight excluding hydrogens is 408 g/mol. The van der Waals surface area contributed by atoms with Crippen LogP contribution in [0.5, 0.6) is 0 Å². The van der Waals surface area contributed by atoms with Crippen LogP contribution in [0.15, 0.2) is 21.9 Å². The molecule has 2 rings (SSSR count). The zero-order valence-corrected chi connectivity index (χ0v) is 19.4. The molecule has 0 radical (unpaired) electrons. The number of hydrogen-bond donors (Lipinski definition) is 1. The predicted octanol–water partition coefficient (Wildman–Crippen LogP) is 4.71. The van der Waals surface area contributed by atoms with Gasteiger partial charge in [-0.05, 0) is 18.3 Å². The number of rotatable bonds is 12. The number of carbonyl (C=O) groups excluding carboxylic acids is 1. The predicted molar refractivity (Wildman–Crippen MR) is 118 cm³/mol. The quantitative estimate of drug-likeness (QED) is 0.374. The number of amides is 1. The lowest BCUT2D eigenvalue weighted by Crippen LogP contribution is -2.35. The standard InChI is InChI=1S/C21H32N2O4S2/c1-5-6-11-21(2,3)17(27-4)9-7-15-8-10-18(24)23(15)12-13-28-20-22-16(14-29-20)19(25)26/h7,9,14-15,17H,5-6,8,10-13H2,1-4H3,(H,25,26)/b9-7+/t15-,17+/m0/s1. The third kappa shape index (κ3) is 6.83. The van der Waals surface area contributed by atoms with Crippen molar-refractivity contribution in [3.63, 3.8) is 0 Å². The van der Waals surface area contributed by atoms with E-state index in [0.717, 1.165) is 17.2 Å². The summed E-state index contributed by atoms with van der Waals surface area (Å²) in [7, 11) is 1.75. The Hall–Kier alpha value is -1.38. The molecule has 1 aliphatic rings. The molecule has 1 saturated heterocycles. The summed E-state index contributed by atoms with van der Waals surface area (Å²) in [5.41, 5.74) is 0.129. The van der Waals surface area contributed by atoms with Gasteiger partial charge in [0.05, 0.1) is 12.1 Å². The van der Waals surface area contributed by atoms with E-state index in [4.69, 9.17) is 9.84 Å². The van der Waals surface area contributed by atoms with Gasteiger partial charge in [-0.25, -0.2) is 9.78 Å². The van der Waals surface area contributed by atoms with Gasteiger partial charge in [0.25, 0.3) is 0 Å². The van der Waals surface area contributed by atoms with Crippen LogP contribution >= 0.6 is 23.1 Å². The first-order valence-corrected chi connectivity index (χ1v) is 12.0. The van der Waals surface area contributed by atoms with Crippen molar-refractivity contribution in [1.29, 1.82) is 0 Å². The van der Waals surface area contributed by atoms with Gasteiger partial charge in [0.2, 0.25) is 5.91 Å². The molecular formula is C21H32N2O4S2. The van der Waals surface area contributed by atoms with Crippen molar-refractivity contribution >= 4 is 35.0 Å². The van der Waals surface area contributed by atoms with Crippen LogP contribution in [0.4, 0.5) is 0 Å². The zero-order chi connectivity index (χ0) is 21.4. The van der Waals surface area contributed by atoms with Crippen LogP contribution in [0.2, 0.25) is 0 Å². The molecule has 0 saturated carbocycles. The molecule has 1 fully saturated rings. The van der Waals surface area contributed by atoms with Crippen LogP contribution in [0.1, 0.15) is 63.4 Å². The molecule has 0 aliphatic carbocycles. The van der Waals surface area contributed by atoms with E-state index in [1.807, 2.05) is 4.90 Å². The number of ether oxygens (including phenoxy) is 1. The highest BCUT2D eigenvalue weighted by Gasteiger charge is 2.31. The number of aromatic carboxylic acids is 1. The van der Waals surface area contributed by atoms with Gasteiger partial charge in [-0.3, -0.25) is 4.79 Å². The molecule has 162 valence electrons. The van der Waals surface area contributed by atoms with Gasteiger partial charge in [-0.2, -0.15) is 0 Å². The molecule has 0 unspecified atom stereocenters. The summed E-state index contributed by atoms with van der Waals surface area (Å²) < 4.78 is 6.47. The van der Waals surface area contributed by atoms with Crippen molar-refractivity contribution in [2.24, 2.45) is 5.41 Å². The number of carbonyl (C=O) groups is 2. The van der Waals surface area contributed by atoms with Crippen molar-refractivity contribution in [2.45, 2.75) is 69.4 Å². The summed E-state index contributed by atoms with van der Waals surface area (Å²) in [6.07, 6.45) is 9.10. The number of likely N-dealkylation sites (tertiary alicyclic amines) is 1. The molecule has 0 spiro atoms. The van der Waals surface area contributed by atoms with Gasteiger partial charge < -0.3 is 14.7 Å². The van der Waals surface area contributed by atoms with Gasteiger partial charge in [0.15, 0.2) is 10.0 Å². The summed E-state index contributed by atoms with van der Waals surface area (Å²) in [4.78, 5) is 29.3. The first kappa shape index (κ1) is 23.9. The summed E-state index contributed by atoms with van der Waals surface area (Å²) >= 11 is 2.82. The molecule has 8 heteroatoms. The van der Waals surface area contributed by atoms with Crippen molar-refractivity contribution in [1.82, 2.24) is 9.88 Å². The van der Waals surface area contributed by atoms with E-state index in [1.165, 1.54) is 35.9 Å². The lowest BCUT2D eigenvalue weighted by molar-refractivity contribution is -0.128. The largest absolute Gasteiger partial charge is 0.476 e. The van der Waals surface area contributed by atoms with Gasteiger partial charge in [-0.1, -0.05) is 57.5 Å². The molecule has 1 aromatic rings. The molecule has 1 aromatic heterocycles. The Morgan fingerprint density at radius 1 is 1.55 bits per heavy atom. The van der Waals surface area contributed by atoms with Gasteiger partial charge in [0.1, 0.15) is 0 Å². The van der Waals surface area contributed by atoms with Gasteiger partial charge in [-0.15, -0.1) is 11.3 Å². The summed E-state index contributed by atoms with van der Waals surface area (Å²) in [5.74, 6) is -0.148. The third-order valence-corrected chi connectivity index (χ3v) is 7.34. The molecule has 2 heterocycles. The highest BCUT2D eigenvalue weighted by Crippen LogP contribution is 2.31. The number of carboxylic acid groups (broad SMARTS) is 1. The van der Waals surface area contributed by atoms with Crippen molar-refractivity contribution in [2.75, 3.05) is 19.4 Å². The molecule has 1 N–H and O–H groups in total. The van der Waals surface area contributed by atoms with E-state index in [9.17, 15) is 9.59 Å². The Balaban J connectivity index is 1.92. The number of hydrogen-bond acceptors (Lipinski definition) is 6. The maximum absolute atomic E-state index is 12.3. The van der Waals surface area contributed by atoms with E-state index in [2.05, 4.69) is 37.9 Å². The van der Waals surface area contributed by atoms with Crippen LogP contribution in [-0.2, 0) is 9.53 Å². The van der Waals surface area contributed by atoms with Crippen LogP contribution < -0.4 is 0 Å². The second kappa shape index (κ2) is 11.1. The minimum Gasteiger partial charge on any atom is -0.476 e. The molecule has 2 atom stereocenters. The second-order valence-corrected chi connectivity index (χ2v) is 10.2. The molecule has 6 nitrogen and oxygen atoms in total. The van der Waals surface area contributed by atoms with Crippen molar-refractivity contribution < 1.29 is 19.4 Å². The highest BCUT2D eigenvalue weighted by atomic mass is 32.2. The zero-order valence-electron chi connectivity index (χ0n) is 17.7. The normalized spacial score (nSPS) is 18.7. The average molecular weight is 441 g/mol. The number of nitrogens with zero attached hydrogens (tertiary/aromatic N) is 2. The third-order valence-electron chi connectivity index (χ3n) is 5.34. The van der Waals surface area contributed by atoms with Crippen molar-refractivity contribution in [3.05, 3.63) is 23.2 Å². The fourth-order valence-electron chi connectivity index (χ4n) is 3.56. The van der Waals surface area contributed by atoms with Gasteiger partial charge >= 0.3 is 5.97 Å². The first-order valence-electron chi connectivity index (χ1n) is 10.1. The minimum atomic E-state index is -1.01. The van der Waals surface area contributed by atoms with Crippen molar-refractivity contribution in [3.8, 4) is 0 Å². The first-order chi connectivity index (χ1) is 13.8. The number of methoxy groups -OCH3 is 1. The van der Waals surface area contributed by atoms with Crippen LogP contribution in [-0.4, -0.2) is 58.4 Å². The van der Waals surface area contributed by atoms with Crippen LogP contribution in [0.3, 0.4) is 0 Å². The number of thiazole rings is 1. The number of thioether (sulfide) groups is 1. The van der Waals surface area contributed by atoms with Crippen LogP contribution in [0.25, 0.3) is 0 Å². The fourth-order valence-corrected chi connectivity index (χ4v) is 5.37. The van der Waals surface area contributed by atoms with E-state index in [1.54, 1.807) is 12.5 Å². The minimum absolute atomic E-state index is 0.0192. The van der Waals surface area contributed by atoms with Gasteiger partial charge in [0, 0.05) is 31.2 Å².